The van der Waals surface area contributed by atoms with Crippen molar-refractivity contribution in [2.24, 2.45) is 5.92 Å². The summed E-state index contributed by atoms with van der Waals surface area (Å²) < 4.78 is 5.19. The van der Waals surface area contributed by atoms with E-state index in [-0.39, 0.29) is 0 Å². The highest BCUT2D eigenvalue weighted by Gasteiger charge is 2.17. The Morgan fingerprint density at radius 3 is 2.93 bits per heavy atom. The number of anilines is 1. The highest BCUT2D eigenvalue weighted by molar-refractivity contribution is 5.62. The van der Waals surface area contributed by atoms with Crippen LogP contribution < -0.4 is 5.73 Å². The SMILES string of the molecule is CC(C)Cc1c(N)noc1-c1ccn[nH]1. The Bertz CT molecular complexity index is 430. The van der Waals surface area contributed by atoms with Crippen molar-refractivity contribution >= 4 is 5.82 Å². The van der Waals surface area contributed by atoms with Crippen molar-refractivity contribution in [3.8, 4) is 11.5 Å². The molecule has 0 aliphatic carbocycles. The van der Waals surface area contributed by atoms with Crippen LogP contribution in [0.4, 0.5) is 5.82 Å². The summed E-state index contributed by atoms with van der Waals surface area (Å²) in [7, 11) is 0. The minimum atomic E-state index is 0.466. The molecule has 80 valence electrons. The van der Waals surface area contributed by atoms with E-state index in [4.69, 9.17) is 10.3 Å². The van der Waals surface area contributed by atoms with E-state index >= 15 is 0 Å². The number of aromatic nitrogens is 3. The number of hydrogen-bond acceptors (Lipinski definition) is 4. The fourth-order valence-corrected chi connectivity index (χ4v) is 1.52. The molecule has 0 unspecified atom stereocenters. The third kappa shape index (κ3) is 1.86. The molecule has 0 radical (unpaired) electrons. The predicted molar refractivity (Wildman–Crippen MR) is 57.0 cm³/mol. The lowest BCUT2D eigenvalue weighted by atomic mass is 10.0. The van der Waals surface area contributed by atoms with Crippen LogP contribution in [-0.2, 0) is 6.42 Å². The number of rotatable bonds is 3. The first-order valence-corrected chi connectivity index (χ1v) is 4.92. The van der Waals surface area contributed by atoms with Crippen LogP contribution in [0.1, 0.15) is 19.4 Å². The molecule has 3 N–H and O–H groups in total. The van der Waals surface area contributed by atoms with Crippen molar-refractivity contribution in [1.82, 2.24) is 15.4 Å². The van der Waals surface area contributed by atoms with Gasteiger partial charge in [-0.15, -0.1) is 0 Å². The number of H-pyrrole nitrogens is 1. The maximum absolute atomic E-state index is 5.76. The summed E-state index contributed by atoms with van der Waals surface area (Å²) in [5.41, 5.74) is 7.52. The van der Waals surface area contributed by atoms with Crippen molar-refractivity contribution in [3.05, 3.63) is 17.8 Å². The zero-order valence-electron chi connectivity index (χ0n) is 8.82. The second-order valence-corrected chi connectivity index (χ2v) is 3.94. The molecule has 5 heteroatoms. The number of nitrogens with zero attached hydrogens (tertiary/aromatic N) is 2. The molecule has 2 rings (SSSR count). The van der Waals surface area contributed by atoms with E-state index in [1.54, 1.807) is 6.20 Å². The summed E-state index contributed by atoms with van der Waals surface area (Å²) in [5, 5.41) is 10.5. The van der Waals surface area contributed by atoms with E-state index in [1.165, 1.54) is 0 Å². The van der Waals surface area contributed by atoms with Crippen LogP contribution in [0.5, 0.6) is 0 Å². The van der Waals surface area contributed by atoms with E-state index in [1.807, 2.05) is 6.07 Å². The van der Waals surface area contributed by atoms with Crippen LogP contribution in [0.15, 0.2) is 16.8 Å². The Kier molecular flexibility index (Phi) is 2.45. The molecule has 0 amide bonds. The molecule has 0 saturated carbocycles. The summed E-state index contributed by atoms with van der Waals surface area (Å²) in [5.74, 6) is 1.67. The molecule has 0 aliphatic rings. The van der Waals surface area contributed by atoms with E-state index in [0.717, 1.165) is 17.7 Å². The van der Waals surface area contributed by atoms with Gasteiger partial charge in [-0.25, -0.2) is 0 Å². The number of hydrogen-bond donors (Lipinski definition) is 2. The molecular weight excluding hydrogens is 192 g/mol. The van der Waals surface area contributed by atoms with Gasteiger partial charge in [0.25, 0.3) is 0 Å². The highest BCUT2D eigenvalue weighted by Crippen LogP contribution is 2.28. The first-order chi connectivity index (χ1) is 7.18. The van der Waals surface area contributed by atoms with Gasteiger partial charge in [-0.05, 0) is 18.4 Å². The van der Waals surface area contributed by atoms with Crippen LogP contribution >= 0.6 is 0 Å². The molecule has 0 saturated heterocycles. The molecule has 2 heterocycles. The van der Waals surface area contributed by atoms with Crippen LogP contribution in [0.2, 0.25) is 0 Å². The lowest BCUT2D eigenvalue weighted by molar-refractivity contribution is 0.433. The number of nitrogens with two attached hydrogens (primary N) is 1. The lowest BCUT2D eigenvalue weighted by Gasteiger charge is -2.03. The standard InChI is InChI=1S/C10H14N4O/c1-6(2)5-7-9(15-14-10(7)11)8-3-4-12-13-8/h3-4,6H,5H2,1-2H3,(H2,11,14)(H,12,13). The van der Waals surface area contributed by atoms with Gasteiger partial charge in [0.2, 0.25) is 0 Å². The normalized spacial score (nSPS) is 11.1. The molecule has 0 aromatic carbocycles. The molecule has 0 aliphatic heterocycles. The van der Waals surface area contributed by atoms with Crippen molar-refractivity contribution < 1.29 is 4.52 Å². The average Bonchev–Trinajstić information content (AvgIpc) is 2.76. The van der Waals surface area contributed by atoms with Crippen LogP contribution in [-0.4, -0.2) is 15.4 Å². The van der Waals surface area contributed by atoms with Crippen molar-refractivity contribution in [1.29, 1.82) is 0 Å². The Labute approximate surface area is 87.7 Å². The van der Waals surface area contributed by atoms with E-state index in [2.05, 4.69) is 29.2 Å². The molecule has 0 spiro atoms. The first kappa shape index (κ1) is 9.76. The van der Waals surface area contributed by atoms with Gasteiger partial charge >= 0.3 is 0 Å². The molecule has 0 fully saturated rings. The Morgan fingerprint density at radius 2 is 2.33 bits per heavy atom. The summed E-state index contributed by atoms with van der Waals surface area (Å²) in [6.45, 7) is 4.26. The second-order valence-electron chi connectivity index (χ2n) is 3.94. The van der Waals surface area contributed by atoms with Gasteiger partial charge in [0, 0.05) is 11.8 Å². The van der Waals surface area contributed by atoms with Gasteiger partial charge in [-0.2, -0.15) is 5.10 Å². The fourth-order valence-electron chi connectivity index (χ4n) is 1.52. The van der Waals surface area contributed by atoms with Crippen LogP contribution in [0, 0.1) is 5.92 Å². The first-order valence-electron chi connectivity index (χ1n) is 4.92. The Morgan fingerprint density at radius 1 is 1.53 bits per heavy atom. The maximum Gasteiger partial charge on any atom is 0.190 e. The zero-order valence-corrected chi connectivity index (χ0v) is 8.82. The predicted octanol–water partition coefficient (Wildman–Crippen LogP) is 1.85. The number of aromatic amines is 1. The average molecular weight is 206 g/mol. The quantitative estimate of drug-likeness (QED) is 0.803. The third-order valence-electron chi connectivity index (χ3n) is 2.18. The third-order valence-corrected chi connectivity index (χ3v) is 2.18. The molecule has 0 atom stereocenters. The van der Waals surface area contributed by atoms with Gasteiger partial charge < -0.3 is 10.3 Å². The fraction of sp³-hybridized carbons (Fsp3) is 0.400. The molecule has 15 heavy (non-hydrogen) atoms. The minimum absolute atomic E-state index is 0.466. The highest BCUT2D eigenvalue weighted by atomic mass is 16.5. The summed E-state index contributed by atoms with van der Waals surface area (Å²) >= 11 is 0. The van der Waals surface area contributed by atoms with E-state index in [9.17, 15) is 0 Å². The van der Waals surface area contributed by atoms with Gasteiger partial charge in [-0.1, -0.05) is 19.0 Å². The topological polar surface area (TPSA) is 80.7 Å². The van der Waals surface area contributed by atoms with Crippen molar-refractivity contribution in [2.45, 2.75) is 20.3 Å². The smallest absolute Gasteiger partial charge is 0.190 e. The second kappa shape index (κ2) is 3.76. The monoisotopic (exact) mass is 206 g/mol. The van der Waals surface area contributed by atoms with Gasteiger partial charge in [0.15, 0.2) is 11.6 Å². The van der Waals surface area contributed by atoms with E-state index < -0.39 is 0 Å². The van der Waals surface area contributed by atoms with Gasteiger partial charge in [0.05, 0.1) is 0 Å². The maximum atomic E-state index is 5.76. The Hall–Kier alpha value is -1.78. The van der Waals surface area contributed by atoms with E-state index in [0.29, 0.717) is 17.5 Å². The molecular formula is C10H14N4O. The summed E-state index contributed by atoms with van der Waals surface area (Å²) in [6.07, 6.45) is 2.52. The van der Waals surface area contributed by atoms with Crippen molar-refractivity contribution in [3.63, 3.8) is 0 Å². The van der Waals surface area contributed by atoms with Crippen LogP contribution in [0.25, 0.3) is 11.5 Å². The van der Waals surface area contributed by atoms with Crippen molar-refractivity contribution in [2.75, 3.05) is 5.73 Å². The molecule has 2 aromatic heterocycles. The summed E-state index contributed by atoms with van der Waals surface area (Å²) in [6, 6.07) is 1.84. The Balaban J connectivity index is 2.40. The van der Waals surface area contributed by atoms with Crippen LogP contribution in [0.3, 0.4) is 0 Å². The lowest BCUT2D eigenvalue weighted by Crippen LogP contribution is -1.99. The van der Waals surface area contributed by atoms with Gasteiger partial charge in [0.1, 0.15) is 5.69 Å². The number of nitrogens with one attached hydrogen (secondary N) is 1. The molecule has 5 nitrogen and oxygen atoms in total. The molecule has 2 aromatic rings. The summed E-state index contributed by atoms with van der Waals surface area (Å²) in [4.78, 5) is 0. The largest absolute Gasteiger partial charge is 0.381 e. The minimum Gasteiger partial charge on any atom is -0.381 e. The van der Waals surface area contributed by atoms with Gasteiger partial charge in [-0.3, -0.25) is 5.10 Å². The zero-order chi connectivity index (χ0) is 10.8. The molecule has 0 bridgehead atoms. The number of nitrogen functional groups attached to an aromatic ring is 1.